The zero-order chi connectivity index (χ0) is 11.1. The molecule has 0 spiro atoms. The van der Waals surface area contributed by atoms with E-state index >= 15 is 0 Å². The maximum Gasteiger partial charge on any atom is 0.180 e. The van der Waals surface area contributed by atoms with Crippen LogP contribution in [0, 0.1) is 0 Å². The van der Waals surface area contributed by atoms with Crippen molar-refractivity contribution in [3.05, 3.63) is 27.5 Å². The maximum atomic E-state index is 5.75. The van der Waals surface area contributed by atoms with Gasteiger partial charge in [-0.25, -0.2) is 4.98 Å². The van der Waals surface area contributed by atoms with Crippen molar-refractivity contribution in [2.75, 3.05) is 12.3 Å². The van der Waals surface area contributed by atoms with Crippen LogP contribution in [0.2, 0.25) is 0 Å². The van der Waals surface area contributed by atoms with Gasteiger partial charge in [0.1, 0.15) is 5.75 Å². The highest BCUT2D eigenvalue weighted by molar-refractivity contribution is 9.10. The van der Waals surface area contributed by atoms with Crippen LogP contribution in [0.15, 0.2) is 22.7 Å². The monoisotopic (exact) mass is 296 g/mol. The summed E-state index contributed by atoms with van der Waals surface area (Å²) in [5, 5.41) is 0.626. The fraction of sp³-hybridized carbons (Fsp3) is 0.182. The second-order valence-electron chi connectivity index (χ2n) is 3.56. The van der Waals surface area contributed by atoms with Gasteiger partial charge in [0.25, 0.3) is 0 Å². The Morgan fingerprint density at radius 2 is 2.31 bits per heavy atom. The van der Waals surface area contributed by atoms with Crippen molar-refractivity contribution in [2.24, 2.45) is 0 Å². The van der Waals surface area contributed by atoms with E-state index in [0.717, 1.165) is 27.9 Å². The molecule has 1 aliphatic rings. The molecule has 0 atom stereocenters. The summed E-state index contributed by atoms with van der Waals surface area (Å²) >= 11 is 4.98. The van der Waals surface area contributed by atoms with Gasteiger partial charge in [0.05, 0.1) is 12.3 Å². The lowest BCUT2D eigenvalue weighted by Crippen LogP contribution is -1.97. The molecule has 3 nitrogen and oxygen atoms in total. The normalized spacial score (nSPS) is 13.6. The van der Waals surface area contributed by atoms with E-state index < -0.39 is 0 Å². The first-order valence-corrected chi connectivity index (χ1v) is 6.53. The van der Waals surface area contributed by atoms with Gasteiger partial charge < -0.3 is 10.5 Å². The lowest BCUT2D eigenvalue weighted by atomic mass is 10.1. The Balaban J connectivity index is 2.24. The standard InChI is InChI=1S/C11H9BrN2OS/c12-6-1-2-7-8(5-6)15-4-3-9-10(7)14-11(13)16-9/h1-2,5H,3-4H2,(H2,13,14). The molecule has 0 bridgehead atoms. The Bertz CT molecular complexity index is 553. The van der Waals surface area contributed by atoms with Gasteiger partial charge in [0.15, 0.2) is 5.13 Å². The lowest BCUT2D eigenvalue weighted by molar-refractivity contribution is 0.327. The first-order valence-electron chi connectivity index (χ1n) is 4.92. The quantitative estimate of drug-likeness (QED) is 0.813. The minimum Gasteiger partial charge on any atom is -0.492 e. The molecule has 2 heterocycles. The average molecular weight is 297 g/mol. The number of aromatic nitrogens is 1. The number of thiazole rings is 1. The van der Waals surface area contributed by atoms with Crippen molar-refractivity contribution in [1.82, 2.24) is 4.98 Å². The van der Waals surface area contributed by atoms with E-state index in [2.05, 4.69) is 20.9 Å². The summed E-state index contributed by atoms with van der Waals surface area (Å²) in [5.41, 5.74) is 7.76. The molecular weight excluding hydrogens is 288 g/mol. The Kier molecular flexibility index (Phi) is 2.37. The van der Waals surface area contributed by atoms with Crippen LogP contribution in [-0.2, 0) is 6.42 Å². The minimum atomic E-state index is 0.626. The van der Waals surface area contributed by atoms with Crippen LogP contribution in [0.25, 0.3) is 11.3 Å². The Hall–Kier alpha value is -1.07. The summed E-state index contributed by atoms with van der Waals surface area (Å²) in [6.07, 6.45) is 0.872. The van der Waals surface area contributed by atoms with Crippen molar-refractivity contribution in [3.8, 4) is 17.0 Å². The van der Waals surface area contributed by atoms with E-state index in [-0.39, 0.29) is 0 Å². The fourth-order valence-electron chi connectivity index (χ4n) is 1.81. The number of hydrogen-bond acceptors (Lipinski definition) is 4. The van der Waals surface area contributed by atoms with Gasteiger partial charge in [-0.2, -0.15) is 0 Å². The highest BCUT2D eigenvalue weighted by Crippen LogP contribution is 2.39. The molecule has 0 saturated heterocycles. The maximum absolute atomic E-state index is 5.75. The minimum absolute atomic E-state index is 0.626. The third-order valence-electron chi connectivity index (χ3n) is 2.50. The van der Waals surface area contributed by atoms with E-state index in [9.17, 15) is 0 Å². The number of fused-ring (bicyclic) bond motifs is 3. The second-order valence-corrected chi connectivity index (χ2v) is 5.59. The van der Waals surface area contributed by atoms with E-state index in [4.69, 9.17) is 10.5 Å². The second kappa shape index (κ2) is 3.75. The number of hydrogen-bond donors (Lipinski definition) is 1. The van der Waals surface area contributed by atoms with Crippen molar-refractivity contribution < 1.29 is 4.74 Å². The third-order valence-corrected chi connectivity index (χ3v) is 3.94. The van der Waals surface area contributed by atoms with Crippen LogP contribution in [0.4, 0.5) is 5.13 Å². The molecule has 1 aromatic heterocycles. The molecule has 0 saturated carbocycles. The summed E-state index contributed by atoms with van der Waals surface area (Å²) in [5.74, 6) is 0.874. The van der Waals surface area contributed by atoms with Crippen LogP contribution < -0.4 is 10.5 Å². The summed E-state index contributed by atoms with van der Waals surface area (Å²) in [6.45, 7) is 0.679. The molecule has 3 rings (SSSR count). The SMILES string of the molecule is Nc1nc2c(s1)CCOc1cc(Br)ccc1-2. The largest absolute Gasteiger partial charge is 0.492 e. The highest BCUT2D eigenvalue weighted by atomic mass is 79.9. The molecular formula is C11H9BrN2OS. The van der Waals surface area contributed by atoms with Crippen LogP contribution in [-0.4, -0.2) is 11.6 Å². The number of anilines is 1. The molecule has 5 heteroatoms. The van der Waals surface area contributed by atoms with Gasteiger partial charge in [-0.15, -0.1) is 11.3 Å². The molecule has 1 aromatic carbocycles. The summed E-state index contributed by atoms with van der Waals surface area (Å²) in [4.78, 5) is 5.59. The predicted molar refractivity (Wildman–Crippen MR) is 68.9 cm³/mol. The van der Waals surface area contributed by atoms with E-state index in [1.807, 2.05) is 18.2 Å². The smallest absolute Gasteiger partial charge is 0.180 e. The van der Waals surface area contributed by atoms with Crippen LogP contribution in [0.5, 0.6) is 5.75 Å². The number of nitrogens with two attached hydrogens (primary N) is 1. The Morgan fingerprint density at radius 3 is 3.19 bits per heavy atom. The zero-order valence-corrected chi connectivity index (χ0v) is 10.8. The van der Waals surface area contributed by atoms with Gasteiger partial charge in [0, 0.05) is 21.3 Å². The van der Waals surface area contributed by atoms with Crippen LogP contribution in [0.3, 0.4) is 0 Å². The number of rotatable bonds is 0. The lowest BCUT2D eigenvalue weighted by Gasteiger charge is -2.06. The highest BCUT2D eigenvalue weighted by Gasteiger charge is 2.19. The summed E-state index contributed by atoms with van der Waals surface area (Å²) in [7, 11) is 0. The Labute approximate surface area is 105 Å². The molecule has 0 amide bonds. The van der Waals surface area contributed by atoms with Crippen molar-refractivity contribution >= 4 is 32.4 Å². The van der Waals surface area contributed by atoms with Crippen molar-refractivity contribution in [2.45, 2.75) is 6.42 Å². The number of benzene rings is 1. The predicted octanol–water partition coefficient (Wildman–Crippen LogP) is 3.09. The number of halogens is 1. The van der Waals surface area contributed by atoms with Gasteiger partial charge in [0.2, 0.25) is 0 Å². The van der Waals surface area contributed by atoms with Gasteiger partial charge in [-0.1, -0.05) is 15.9 Å². The Morgan fingerprint density at radius 1 is 1.44 bits per heavy atom. The molecule has 82 valence electrons. The molecule has 16 heavy (non-hydrogen) atoms. The average Bonchev–Trinajstić information content (AvgIpc) is 2.52. The number of nitrogen functional groups attached to an aromatic ring is 1. The van der Waals surface area contributed by atoms with Crippen molar-refractivity contribution in [3.63, 3.8) is 0 Å². The number of nitrogens with zero attached hydrogens (tertiary/aromatic N) is 1. The van der Waals surface area contributed by atoms with Crippen LogP contribution >= 0.6 is 27.3 Å². The fourth-order valence-corrected chi connectivity index (χ4v) is 2.98. The third kappa shape index (κ3) is 1.60. The summed E-state index contributed by atoms with van der Waals surface area (Å²) in [6, 6.07) is 5.98. The first-order chi connectivity index (χ1) is 7.74. The summed E-state index contributed by atoms with van der Waals surface area (Å²) < 4.78 is 6.72. The molecule has 0 aliphatic carbocycles. The zero-order valence-electron chi connectivity index (χ0n) is 8.37. The molecule has 0 fully saturated rings. The van der Waals surface area contributed by atoms with Gasteiger partial charge >= 0.3 is 0 Å². The topological polar surface area (TPSA) is 48.1 Å². The molecule has 0 unspecified atom stereocenters. The van der Waals surface area contributed by atoms with E-state index in [0.29, 0.717) is 11.7 Å². The van der Waals surface area contributed by atoms with Gasteiger partial charge in [-0.05, 0) is 18.2 Å². The van der Waals surface area contributed by atoms with E-state index in [1.54, 1.807) is 11.3 Å². The molecule has 1 aliphatic heterocycles. The van der Waals surface area contributed by atoms with Crippen LogP contribution in [0.1, 0.15) is 4.88 Å². The molecule has 2 aromatic rings. The number of ether oxygens (including phenoxy) is 1. The first kappa shape index (κ1) is 10.1. The molecule has 0 radical (unpaired) electrons. The molecule has 2 N–H and O–H groups in total. The van der Waals surface area contributed by atoms with Gasteiger partial charge in [-0.3, -0.25) is 0 Å². The van der Waals surface area contributed by atoms with E-state index in [1.165, 1.54) is 4.88 Å². The van der Waals surface area contributed by atoms with Crippen molar-refractivity contribution in [1.29, 1.82) is 0 Å².